The van der Waals surface area contributed by atoms with Gasteiger partial charge in [-0.3, -0.25) is 9.59 Å². The van der Waals surface area contributed by atoms with Gasteiger partial charge < -0.3 is 9.80 Å². The average Bonchev–Trinajstić information content (AvgIpc) is 3.15. The molecule has 0 unspecified atom stereocenters. The quantitative estimate of drug-likeness (QED) is 0.522. The van der Waals surface area contributed by atoms with Crippen LogP contribution < -0.4 is 9.80 Å². The maximum atomic E-state index is 13.3. The number of carbonyl (C=O) groups excluding carboxylic acids is 2. The van der Waals surface area contributed by atoms with Gasteiger partial charge in [-0.25, -0.2) is 0 Å². The highest BCUT2D eigenvalue weighted by atomic mass is 35.5. The number of hydrogen-bond acceptors (Lipinski definition) is 3. The lowest BCUT2D eigenvalue weighted by Crippen LogP contribution is -2.47. The van der Waals surface area contributed by atoms with Crippen LogP contribution in [0.1, 0.15) is 41.5 Å². The molecule has 2 aromatic carbocycles. The van der Waals surface area contributed by atoms with E-state index in [4.69, 9.17) is 11.6 Å². The van der Waals surface area contributed by atoms with Gasteiger partial charge in [0, 0.05) is 24.3 Å². The van der Waals surface area contributed by atoms with E-state index in [0.29, 0.717) is 15.6 Å². The van der Waals surface area contributed by atoms with Gasteiger partial charge in [-0.2, -0.15) is 0 Å². The van der Waals surface area contributed by atoms with E-state index in [-0.39, 0.29) is 23.9 Å². The van der Waals surface area contributed by atoms with E-state index in [1.165, 1.54) is 11.3 Å². The largest absolute Gasteiger partial charge is 0.305 e. The van der Waals surface area contributed by atoms with Gasteiger partial charge in [-0.1, -0.05) is 48.0 Å². The van der Waals surface area contributed by atoms with Gasteiger partial charge in [0.15, 0.2) is 0 Å². The first-order chi connectivity index (χ1) is 14.0. The monoisotopic (exact) mass is 424 g/mol. The SMILES string of the molecule is CC(=O)N(c1ccccc1)[C@H]1C[C@@H](C)N(C(=O)c2ccc(Cl)s2)c2ccccc21. The number of benzene rings is 2. The highest BCUT2D eigenvalue weighted by Crippen LogP contribution is 2.43. The topological polar surface area (TPSA) is 40.6 Å². The molecule has 0 bridgehead atoms. The van der Waals surface area contributed by atoms with Crippen molar-refractivity contribution in [3.05, 3.63) is 81.5 Å². The van der Waals surface area contributed by atoms with Gasteiger partial charge in [0.05, 0.1) is 15.3 Å². The van der Waals surface area contributed by atoms with Crippen molar-refractivity contribution in [1.82, 2.24) is 0 Å². The number of hydrogen-bond donors (Lipinski definition) is 0. The first-order valence-electron chi connectivity index (χ1n) is 9.50. The predicted molar refractivity (Wildman–Crippen MR) is 119 cm³/mol. The number of fused-ring (bicyclic) bond motifs is 1. The molecule has 2 atom stereocenters. The fraction of sp³-hybridized carbons (Fsp3) is 0.217. The summed E-state index contributed by atoms with van der Waals surface area (Å²) in [6.45, 7) is 3.62. The molecule has 1 aliphatic rings. The van der Waals surface area contributed by atoms with Crippen LogP contribution >= 0.6 is 22.9 Å². The zero-order valence-electron chi connectivity index (χ0n) is 16.2. The van der Waals surface area contributed by atoms with Crippen LogP contribution in [0, 0.1) is 0 Å². The molecule has 4 nitrogen and oxygen atoms in total. The van der Waals surface area contributed by atoms with Gasteiger partial charge in [0.2, 0.25) is 5.91 Å². The molecule has 0 saturated carbocycles. The third kappa shape index (κ3) is 3.68. The summed E-state index contributed by atoms with van der Waals surface area (Å²) in [5, 5.41) is 0. The molecule has 29 heavy (non-hydrogen) atoms. The molecular formula is C23H21ClN2O2S. The molecule has 0 radical (unpaired) electrons. The summed E-state index contributed by atoms with van der Waals surface area (Å²) >= 11 is 7.34. The van der Waals surface area contributed by atoms with E-state index in [2.05, 4.69) is 0 Å². The number of carbonyl (C=O) groups is 2. The van der Waals surface area contributed by atoms with Crippen LogP contribution in [-0.2, 0) is 4.79 Å². The van der Waals surface area contributed by atoms with Crippen molar-refractivity contribution in [2.45, 2.75) is 32.4 Å². The van der Waals surface area contributed by atoms with Crippen LogP contribution in [0.25, 0.3) is 0 Å². The van der Waals surface area contributed by atoms with Crippen molar-refractivity contribution in [2.75, 3.05) is 9.80 Å². The molecule has 2 amide bonds. The van der Waals surface area contributed by atoms with Crippen LogP contribution in [0.15, 0.2) is 66.7 Å². The van der Waals surface area contributed by atoms with E-state index in [0.717, 1.165) is 16.9 Å². The summed E-state index contributed by atoms with van der Waals surface area (Å²) in [6.07, 6.45) is 0.649. The second-order valence-corrected chi connectivity index (χ2v) is 8.88. The molecule has 1 aromatic heterocycles. The standard InChI is InChI=1S/C23H21ClN2O2S/c1-15-14-20(26(16(2)27)17-8-4-3-5-9-17)18-10-6-7-11-19(18)25(15)23(28)21-12-13-22(24)29-21/h3-13,15,20H,14H2,1-2H3/t15-,20+/m1/s1. The Morgan fingerprint density at radius 2 is 1.72 bits per heavy atom. The molecule has 0 saturated heterocycles. The normalized spacial score (nSPS) is 18.2. The van der Waals surface area contributed by atoms with Gasteiger partial charge in [0.1, 0.15) is 0 Å². The van der Waals surface area contributed by atoms with Crippen LogP contribution in [0.3, 0.4) is 0 Å². The summed E-state index contributed by atoms with van der Waals surface area (Å²) in [6, 6.07) is 20.8. The van der Waals surface area contributed by atoms with Crippen LogP contribution in [0.4, 0.5) is 11.4 Å². The van der Waals surface area contributed by atoms with Gasteiger partial charge in [-0.05, 0) is 49.2 Å². The van der Waals surface area contributed by atoms with E-state index in [9.17, 15) is 9.59 Å². The van der Waals surface area contributed by atoms with Crippen molar-refractivity contribution in [3.8, 4) is 0 Å². The Balaban J connectivity index is 1.78. The minimum absolute atomic E-state index is 0.0204. The highest BCUT2D eigenvalue weighted by molar-refractivity contribution is 7.18. The summed E-state index contributed by atoms with van der Waals surface area (Å²) in [5.41, 5.74) is 2.67. The lowest BCUT2D eigenvalue weighted by atomic mass is 9.89. The Kier molecular flexibility index (Phi) is 5.43. The third-order valence-corrected chi connectivity index (χ3v) is 6.47. The summed E-state index contributed by atoms with van der Waals surface area (Å²) in [4.78, 5) is 30.2. The molecule has 1 aliphatic heterocycles. The second-order valence-electron chi connectivity index (χ2n) is 7.16. The predicted octanol–water partition coefficient (Wildman–Crippen LogP) is 5.93. The molecule has 3 aromatic rings. The maximum absolute atomic E-state index is 13.3. The molecule has 0 fully saturated rings. The molecule has 2 heterocycles. The Morgan fingerprint density at radius 1 is 1.03 bits per heavy atom. The lowest BCUT2D eigenvalue weighted by molar-refractivity contribution is -0.117. The fourth-order valence-electron chi connectivity index (χ4n) is 4.05. The molecule has 0 N–H and O–H groups in total. The van der Waals surface area contributed by atoms with Crippen molar-refractivity contribution >= 4 is 46.1 Å². The Hall–Kier alpha value is -2.63. The molecule has 6 heteroatoms. The Bertz CT molecular complexity index is 1050. The zero-order valence-corrected chi connectivity index (χ0v) is 17.8. The van der Waals surface area contributed by atoms with E-state index < -0.39 is 0 Å². The maximum Gasteiger partial charge on any atom is 0.268 e. The number of para-hydroxylation sites is 2. The average molecular weight is 425 g/mol. The van der Waals surface area contributed by atoms with Crippen molar-refractivity contribution in [2.24, 2.45) is 0 Å². The summed E-state index contributed by atoms with van der Waals surface area (Å²) in [5.74, 6) is -0.0811. The first-order valence-corrected chi connectivity index (χ1v) is 10.7. The van der Waals surface area contributed by atoms with Crippen LogP contribution in [0.2, 0.25) is 4.34 Å². The van der Waals surface area contributed by atoms with Gasteiger partial charge >= 0.3 is 0 Å². The number of rotatable bonds is 3. The third-order valence-electron chi connectivity index (χ3n) is 5.25. The van der Waals surface area contributed by atoms with E-state index in [1.807, 2.05) is 71.3 Å². The lowest BCUT2D eigenvalue weighted by Gasteiger charge is -2.43. The molecule has 4 rings (SSSR count). The zero-order chi connectivity index (χ0) is 20.5. The number of nitrogens with zero attached hydrogens (tertiary/aromatic N) is 2. The minimum Gasteiger partial charge on any atom is -0.305 e. The van der Waals surface area contributed by atoms with Crippen molar-refractivity contribution in [3.63, 3.8) is 0 Å². The Labute approximate surface area is 179 Å². The van der Waals surface area contributed by atoms with E-state index in [1.54, 1.807) is 19.1 Å². The number of amides is 2. The minimum atomic E-state index is -0.142. The van der Waals surface area contributed by atoms with Crippen molar-refractivity contribution < 1.29 is 9.59 Å². The number of halogens is 1. The molecule has 0 spiro atoms. The summed E-state index contributed by atoms with van der Waals surface area (Å²) < 4.78 is 0.594. The number of anilines is 2. The van der Waals surface area contributed by atoms with Crippen LogP contribution in [-0.4, -0.2) is 17.9 Å². The van der Waals surface area contributed by atoms with E-state index >= 15 is 0 Å². The second kappa shape index (κ2) is 8.01. The summed E-state index contributed by atoms with van der Waals surface area (Å²) in [7, 11) is 0. The van der Waals surface area contributed by atoms with Crippen LogP contribution in [0.5, 0.6) is 0 Å². The van der Waals surface area contributed by atoms with Gasteiger partial charge in [0.25, 0.3) is 5.91 Å². The molecule has 148 valence electrons. The first kappa shape index (κ1) is 19.7. The molecule has 0 aliphatic carbocycles. The molecular weight excluding hydrogens is 404 g/mol. The highest BCUT2D eigenvalue weighted by Gasteiger charge is 2.38. The van der Waals surface area contributed by atoms with Gasteiger partial charge in [-0.15, -0.1) is 11.3 Å². The fourth-order valence-corrected chi connectivity index (χ4v) is 5.03. The number of thiophene rings is 1. The van der Waals surface area contributed by atoms with Crippen molar-refractivity contribution in [1.29, 1.82) is 0 Å². The smallest absolute Gasteiger partial charge is 0.268 e. The Morgan fingerprint density at radius 3 is 2.38 bits per heavy atom.